The fraction of sp³-hybridized carbons (Fsp3) is 0.263. The van der Waals surface area contributed by atoms with Crippen molar-refractivity contribution in [3.8, 4) is 11.5 Å². The summed E-state index contributed by atoms with van der Waals surface area (Å²) in [7, 11) is 0. The van der Waals surface area contributed by atoms with Crippen molar-refractivity contribution < 1.29 is 14.3 Å². The molecule has 128 valence electrons. The predicted octanol–water partition coefficient (Wildman–Crippen LogP) is 2.68. The summed E-state index contributed by atoms with van der Waals surface area (Å²) in [6, 6.07) is 13.3. The van der Waals surface area contributed by atoms with E-state index in [1.165, 1.54) is 0 Å². The van der Waals surface area contributed by atoms with Crippen LogP contribution in [0, 0.1) is 0 Å². The molecule has 4 rings (SSSR count). The fourth-order valence-electron chi connectivity index (χ4n) is 2.99. The van der Waals surface area contributed by atoms with Gasteiger partial charge in [0.2, 0.25) is 12.7 Å². The Balaban J connectivity index is 1.37. The normalized spacial score (nSPS) is 13.8. The van der Waals surface area contributed by atoms with Crippen LogP contribution < -0.4 is 14.8 Å². The van der Waals surface area contributed by atoms with Crippen molar-refractivity contribution in [2.45, 2.75) is 19.4 Å². The summed E-state index contributed by atoms with van der Waals surface area (Å²) in [4.78, 5) is 16.8. The molecule has 0 aliphatic carbocycles. The first-order valence-corrected chi connectivity index (χ1v) is 8.30. The summed E-state index contributed by atoms with van der Waals surface area (Å²) in [6.07, 6.45) is 2.45. The molecule has 0 saturated heterocycles. The summed E-state index contributed by atoms with van der Waals surface area (Å²) >= 11 is 0. The minimum Gasteiger partial charge on any atom is -0.454 e. The molecule has 1 amide bonds. The van der Waals surface area contributed by atoms with E-state index in [-0.39, 0.29) is 18.7 Å². The van der Waals surface area contributed by atoms with Gasteiger partial charge in [0.05, 0.1) is 17.4 Å². The number of para-hydroxylation sites is 2. The average molecular weight is 337 g/mol. The van der Waals surface area contributed by atoms with Crippen LogP contribution in [-0.4, -0.2) is 28.8 Å². The average Bonchev–Trinajstić information content (AvgIpc) is 3.27. The smallest absolute Gasteiger partial charge is 0.242 e. The lowest BCUT2D eigenvalue weighted by atomic mass is 10.1. The van der Waals surface area contributed by atoms with E-state index in [1.807, 2.05) is 54.0 Å². The third-order valence-electron chi connectivity index (χ3n) is 4.43. The molecule has 2 aromatic carbocycles. The predicted molar refractivity (Wildman–Crippen MR) is 93.7 cm³/mol. The topological polar surface area (TPSA) is 65.4 Å². The number of nitrogens with zero attached hydrogens (tertiary/aromatic N) is 2. The lowest BCUT2D eigenvalue weighted by Crippen LogP contribution is -2.32. The number of hydrogen-bond acceptors (Lipinski definition) is 4. The second-order valence-electron chi connectivity index (χ2n) is 6.05. The van der Waals surface area contributed by atoms with Gasteiger partial charge >= 0.3 is 0 Å². The number of aromatic nitrogens is 2. The van der Waals surface area contributed by atoms with Crippen LogP contribution in [0.2, 0.25) is 0 Å². The van der Waals surface area contributed by atoms with E-state index >= 15 is 0 Å². The molecule has 2 heterocycles. The molecule has 1 aliphatic rings. The van der Waals surface area contributed by atoms with Crippen LogP contribution in [0.4, 0.5) is 0 Å². The molecule has 0 bridgehead atoms. The van der Waals surface area contributed by atoms with Gasteiger partial charge in [-0.2, -0.15) is 0 Å². The number of hydrogen-bond donors (Lipinski definition) is 1. The maximum Gasteiger partial charge on any atom is 0.242 e. The third kappa shape index (κ3) is 3.03. The molecule has 1 aromatic heterocycles. The summed E-state index contributed by atoms with van der Waals surface area (Å²) in [5, 5.41) is 2.99. The van der Waals surface area contributed by atoms with Crippen molar-refractivity contribution in [2.75, 3.05) is 13.3 Å². The Bertz CT molecular complexity index is 919. The van der Waals surface area contributed by atoms with Crippen molar-refractivity contribution in [1.29, 1.82) is 0 Å². The first-order valence-electron chi connectivity index (χ1n) is 8.30. The number of amides is 1. The highest BCUT2D eigenvalue weighted by Gasteiger charge is 2.17. The first-order chi connectivity index (χ1) is 12.2. The molecule has 25 heavy (non-hydrogen) atoms. The Morgan fingerprint density at radius 1 is 1.24 bits per heavy atom. The molecule has 1 unspecified atom stereocenters. The van der Waals surface area contributed by atoms with Crippen LogP contribution in [0.25, 0.3) is 11.0 Å². The lowest BCUT2D eigenvalue weighted by Gasteiger charge is -2.14. The van der Waals surface area contributed by atoms with Gasteiger partial charge in [-0.3, -0.25) is 4.79 Å². The van der Waals surface area contributed by atoms with Gasteiger partial charge in [0.1, 0.15) is 6.04 Å². The van der Waals surface area contributed by atoms with Gasteiger partial charge in [-0.05, 0) is 43.2 Å². The zero-order valence-corrected chi connectivity index (χ0v) is 13.9. The molecule has 6 heteroatoms. The van der Waals surface area contributed by atoms with E-state index in [9.17, 15) is 4.79 Å². The van der Waals surface area contributed by atoms with Gasteiger partial charge in [-0.1, -0.05) is 18.2 Å². The Morgan fingerprint density at radius 2 is 2.08 bits per heavy atom. The Morgan fingerprint density at radius 3 is 3.00 bits per heavy atom. The lowest BCUT2D eigenvalue weighted by molar-refractivity contribution is -0.123. The molecule has 1 aliphatic heterocycles. The van der Waals surface area contributed by atoms with Crippen LogP contribution in [0.3, 0.4) is 0 Å². The van der Waals surface area contributed by atoms with Gasteiger partial charge in [0, 0.05) is 6.54 Å². The molecule has 6 nitrogen and oxygen atoms in total. The van der Waals surface area contributed by atoms with E-state index < -0.39 is 0 Å². The molecule has 0 saturated carbocycles. The van der Waals surface area contributed by atoms with Crippen molar-refractivity contribution >= 4 is 16.9 Å². The summed E-state index contributed by atoms with van der Waals surface area (Å²) in [6.45, 7) is 2.71. The SMILES string of the molecule is CC(C(=O)NCCc1ccc2c(c1)OCO2)n1cnc2ccccc21. The second-order valence-corrected chi connectivity index (χ2v) is 6.05. The Hall–Kier alpha value is -3.02. The fourth-order valence-corrected chi connectivity index (χ4v) is 2.99. The van der Waals surface area contributed by atoms with Crippen molar-refractivity contribution in [3.05, 3.63) is 54.4 Å². The highest BCUT2D eigenvalue weighted by molar-refractivity contribution is 5.83. The summed E-state index contributed by atoms with van der Waals surface area (Å²) < 4.78 is 12.6. The Labute approximate surface area is 145 Å². The molecule has 0 fully saturated rings. The molecule has 1 atom stereocenters. The van der Waals surface area contributed by atoms with Gasteiger partial charge in [0.15, 0.2) is 11.5 Å². The maximum atomic E-state index is 12.5. The molecular formula is C19H19N3O3. The largest absolute Gasteiger partial charge is 0.454 e. The van der Waals surface area contributed by atoms with E-state index in [4.69, 9.17) is 9.47 Å². The van der Waals surface area contributed by atoms with Gasteiger partial charge in [-0.25, -0.2) is 4.98 Å². The van der Waals surface area contributed by atoms with Crippen molar-refractivity contribution in [3.63, 3.8) is 0 Å². The molecular weight excluding hydrogens is 318 g/mol. The number of nitrogens with one attached hydrogen (secondary N) is 1. The number of imidazole rings is 1. The molecule has 1 N–H and O–H groups in total. The van der Waals surface area contributed by atoms with Gasteiger partial charge < -0.3 is 19.4 Å². The zero-order valence-electron chi connectivity index (χ0n) is 13.9. The minimum atomic E-state index is -0.316. The highest BCUT2D eigenvalue weighted by Crippen LogP contribution is 2.32. The quantitative estimate of drug-likeness (QED) is 0.777. The van der Waals surface area contributed by atoms with Crippen molar-refractivity contribution in [1.82, 2.24) is 14.9 Å². The van der Waals surface area contributed by atoms with Crippen LogP contribution in [0.15, 0.2) is 48.8 Å². The maximum absolute atomic E-state index is 12.5. The van der Waals surface area contributed by atoms with Crippen LogP contribution >= 0.6 is 0 Å². The van der Waals surface area contributed by atoms with E-state index in [2.05, 4.69) is 10.3 Å². The van der Waals surface area contributed by atoms with Crippen LogP contribution in [0.1, 0.15) is 18.5 Å². The third-order valence-corrected chi connectivity index (χ3v) is 4.43. The first kappa shape index (κ1) is 15.5. The van der Waals surface area contributed by atoms with Gasteiger partial charge in [-0.15, -0.1) is 0 Å². The zero-order chi connectivity index (χ0) is 17.2. The summed E-state index contributed by atoms with van der Waals surface area (Å²) in [5.74, 6) is 1.51. The highest BCUT2D eigenvalue weighted by atomic mass is 16.7. The molecule has 0 radical (unpaired) electrons. The van der Waals surface area contributed by atoms with E-state index in [0.29, 0.717) is 6.54 Å². The van der Waals surface area contributed by atoms with E-state index in [0.717, 1.165) is 34.5 Å². The number of rotatable bonds is 5. The molecule has 3 aromatic rings. The van der Waals surface area contributed by atoms with Crippen molar-refractivity contribution in [2.24, 2.45) is 0 Å². The van der Waals surface area contributed by atoms with Gasteiger partial charge in [0.25, 0.3) is 0 Å². The number of fused-ring (bicyclic) bond motifs is 2. The second kappa shape index (κ2) is 6.47. The Kier molecular flexibility index (Phi) is 4.01. The number of carbonyl (C=O) groups excluding carboxylic acids is 1. The number of benzene rings is 2. The van der Waals surface area contributed by atoms with Crippen LogP contribution in [0.5, 0.6) is 11.5 Å². The van der Waals surface area contributed by atoms with Crippen LogP contribution in [-0.2, 0) is 11.2 Å². The summed E-state index contributed by atoms with van der Waals surface area (Å²) in [5.41, 5.74) is 2.95. The number of ether oxygens (including phenoxy) is 2. The monoisotopic (exact) mass is 337 g/mol. The molecule has 0 spiro atoms. The number of carbonyl (C=O) groups is 1. The minimum absolute atomic E-state index is 0.0242. The van der Waals surface area contributed by atoms with E-state index in [1.54, 1.807) is 6.33 Å². The standard InChI is InChI=1S/C19H19N3O3/c1-13(22-11-21-15-4-2-3-5-16(15)22)19(23)20-9-8-14-6-7-17-18(10-14)25-12-24-17/h2-7,10-11,13H,8-9,12H2,1H3,(H,20,23).